The van der Waals surface area contributed by atoms with Gasteiger partial charge in [0.25, 0.3) is 0 Å². The van der Waals surface area contributed by atoms with Crippen molar-refractivity contribution in [2.24, 2.45) is 0 Å². The molecule has 0 N–H and O–H groups in total. The van der Waals surface area contributed by atoms with Gasteiger partial charge in [-0.05, 0) is 72.3 Å². The van der Waals surface area contributed by atoms with Crippen molar-refractivity contribution in [2.75, 3.05) is 0 Å². The minimum absolute atomic E-state index is 0. The SMILES string of the molecule is Cc1ccnc(-n2c3[c-]c(Oc4[c-]c(-n5nc(C(C)(C)C)c(-c6c(C)cccc6C)c5C(C)(C)C)ccc4)ccc3c3ccccc32)c1.[Pd+2]. The molecule has 0 spiro atoms. The van der Waals surface area contributed by atoms with Gasteiger partial charge in [-0.3, -0.25) is 4.68 Å². The van der Waals surface area contributed by atoms with Crippen LogP contribution < -0.4 is 4.74 Å². The summed E-state index contributed by atoms with van der Waals surface area (Å²) >= 11 is 0. The molecule has 0 amide bonds. The standard InChI is InChI=1S/C43H42N4O.Pd/c1-27-22-23-44-37(24-27)46-35-19-11-10-18-33(35)34-21-20-32(26-36(34)46)48-31-17-13-16-30(25-31)47-41(43(7,8)9)39(40(45-47)42(4,5)6)38-28(2)14-12-15-29(38)3;/h10-24H,1-9H3;/q-2;+2. The number of para-hydroxylation sites is 1. The minimum atomic E-state index is -0.207. The molecule has 7 rings (SSSR count). The van der Waals surface area contributed by atoms with E-state index in [4.69, 9.17) is 14.8 Å². The van der Waals surface area contributed by atoms with Gasteiger partial charge in [0.15, 0.2) is 0 Å². The van der Waals surface area contributed by atoms with E-state index in [1.54, 1.807) is 0 Å². The van der Waals surface area contributed by atoms with E-state index in [0.717, 1.165) is 50.3 Å². The van der Waals surface area contributed by atoms with E-state index in [0.29, 0.717) is 11.5 Å². The second kappa shape index (κ2) is 12.8. The molecule has 0 aliphatic rings. The Morgan fingerprint density at radius 1 is 0.673 bits per heavy atom. The first-order valence-electron chi connectivity index (χ1n) is 16.6. The van der Waals surface area contributed by atoms with Crippen LogP contribution in [0.25, 0.3) is 44.4 Å². The molecular formula is C43H42N4OPd. The molecule has 7 aromatic rings. The Hall–Kier alpha value is -4.50. The number of hydrogen-bond donors (Lipinski definition) is 0. The Morgan fingerprint density at radius 3 is 2.06 bits per heavy atom. The van der Waals surface area contributed by atoms with Crippen molar-refractivity contribution < 1.29 is 25.2 Å². The Balaban J connectivity index is 0.00000417. The van der Waals surface area contributed by atoms with E-state index in [1.165, 1.54) is 22.3 Å². The smallest absolute Gasteiger partial charge is 0.509 e. The normalized spacial score (nSPS) is 12.0. The zero-order valence-electron chi connectivity index (χ0n) is 29.7. The molecule has 0 saturated carbocycles. The van der Waals surface area contributed by atoms with E-state index in [-0.39, 0.29) is 31.3 Å². The number of rotatable bonds is 5. The number of hydrogen-bond acceptors (Lipinski definition) is 3. The Bertz CT molecular complexity index is 2310. The summed E-state index contributed by atoms with van der Waals surface area (Å²) < 4.78 is 10.8. The van der Waals surface area contributed by atoms with Gasteiger partial charge in [-0.2, -0.15) is 17.2 Å². The van der Waals surface area contributed by atoms with Gasteiger partial charge in [0.05, 0.1) is 11.4 Å². The first-order chi connectivity index (χ1) is 22.8. The monoisotopic (exact) mass is 736 g/mol. The zero-order chi connectivity index (χ0) is 34.0. The Kier molecular flexibility index (Phi) is 8.94. The van der Waals surface area contributed by atoms with Crippen molar-refractivity contribution in [1.29, 1.82) is 0 Å². The number of benzene rings is 4. The topological polar surface area (TPSA) is 44.9 Å². The summed E-state index contributed by atoms with van der Waals surface area (Å²) in [5.41, 5.74) is 10.8. The number of ether oxygens (including phenoxy) is 1. The number of nitrogens with zero attached hydrogens (tertiary/aromatic N) is 4. The van der Waals surface area contributed by atoms with Crippen molar-refractivity contribution in [1.82, 2.24) is 19.3 Å². The zero-order valence-corrected chi connectivity index (χ0v) is 31.2. The summed E-state index contributed by atoms with van der Waals surface area (Å²) in [5, 5.41) is 7.60. The average Bonchev–Trinajstić information content (AvgIpc) is 3.58. The molecule has 5 nitrogen and oxygen atoms in total. The molecule has 0 unspecified atom stereocenters. The van der Waals surface area contributed by atoms with Crippen LogP contribution in [0.1, 0.15) is 69.6 Å². The van der Waals surface area contributed by atoms with Crippen LogP contribution in [0.3, 0.4) is 0 Å². The van der Waals surface area contributed by atoms with Gasteiger partial charge in [-0.15, -0.1) is 35.7 Å². The molecule has 6 heteroatoms. The molecule has 0 aliphatic carbocycles. The van der Waals surface area contributed by atoms with Crippen molar-refractivity contribution in [2.45, 2.75) is 73.1 Å². The van der Waals surface area contributed by atoms with Crippen LogP contribution in [0.15, 0.2) is 91.1 Å². The van der Waals surface area contributed by atoms with Gasteiger partial charge in [0.1, 0.15) is 5.82 Å². The first-order valence-corrected chi connectivity index (χ1v) is 16.6. The van der Waals surface area contributed by atoms with Crippen molar-refractivity contribution in [3.05, 3.63) is 131 Å². The molecule has 0 saturated heterocycles. The number of aryl methyl sites for hydroxylation is 3. The van der Waals surface area contributed by atoms with Crippen LogP contribution in [-0.2, 0) is 31.3 Å². The quantitative estimate of drug-likeness (QED) is 0.131. The minimum Gasteiger partial charge on any atom is -0.509 e. The average molecular weight is 737 g/mol. The second-order valence-electron chi connectivity index (χ2n) is 14.9. The summed E-state index contributed by atoms with van der Waals surface area (Å²) in [6.07, 6.45) is 1.85. The van der Waals surface area contributed by atoms with Gasteiger partial charge < -0.3 is 9.30 Å². The number of fused-ring (bicyclic) bond motifs is 3. The maximum Gasteiger partial charge on any atom is 2.00 e. The van der Waals surface area contributed by atoms with Crippen molar-refractivity contribution >= 4 is 21.8 Å². The summed E-state index contributed by atoms with van der Waals surface area (Å²) in [7, 11) is 0. The predicted molar refractivity (Wildman–Crippen MR) is 197 cm³/mol. The van der Waals surface area contributed by atoms with Gasteiger partial charge in [0, 0.05) is 39.6 Å². The fraction of sp³-hybridized carbons (Fsp3) is 0.256. The van der Waals surface area contributed by atoms with Crippen molar-refractivity contribution in [3.63, 3.8) is 0 Å². The maximum absolute atomic E-state index is 6.53. The molecule has 0 atom stereocenters. The van der Waals surface area contributed by atoms with E-state index < -0.39 is 0 Å². The third-order valence-electron chi connectivity index (χ3n) is 8.93. The summed E-state index contributed by atoms with van der Waals surface area (Å²) in [5.74, 6) is 2.06. The fourth-order valence-electron chi connectivity index (χ4n) is 6.81. The van der Waals surface area contributed by atoms with E-state index in [9.17, 15) is 0 Å². The summed E-state index contributed by atoms with van der Waals surface area (Å²) in [4.78, 5) is 4.71. The number of aromatic nitrogens is 4. The van der Waals surface area contributed by atoms with Gasteiger partial charge in [-0.1, -0.05) is 83.5 Å². The fourth-order valence-corrected chi connectivity index (χ4v) is 6.81. The molecule has 0 radical (unpaired) electrons. The van der Waals surface area contributed by atoms with E-state index >= 15 is 0 Å². The van der Waals surface area contributed by atoms with E-state index in [1.807, 2.05) is 30.5 Å². The molecule has 250 valence electrons. The van der Waals surface area contributed by atoms with Gasteiger partial charge in [0.2, 0.25) is 0 Å². The Labute approximate surface area is 303 Å². The molecule has 0 aliphatic heterocycles. The molecule has 4 aromatic carbocycles. The van der Waals surface area contributed by atoms with Crippen LogP contribution in [-0.4, -0.2) is 19.3 Å². The molecule has 3 aromatic heterocycles. The third-order valence-corrected chi connectivity index (χ3v) is 8.93. The third kappa shape index (κ3) is 6.25. The van der Waals surface area contributed by atoms with Gasteiger partial charge in [-0.25, -0.2) is 4.98 Å². The largest absolute Gasteiger partial charge is 2.00 e. The molecule has 3 heterocycles. The molecule has 0 bridgehead atoms. The van der Waals surface area contributed by atoms with Crippen molar-refractivity contribution in [3.8, 4) is 34.1 Å². The van der Waals surface area contributed by atoms with Crippen LogP contribution in [0.2, 0.25) is 0 Å². The number of pyridine rings is 1. The van der Waals surface area contributed by atoms with Crippen LogP contribution in [0.5, 0.6) is 11.5 Å². The molecular weight excluding hydrogens is 695 g/mol. The second-order valence-corrected chi connectivity index (χ2v) is 14.9. The van der Waals surface area contributed by atoms with E-state index in [2.05, 4.69) is 144 Å². The maximum atomic E-state index is 6.53. The van der Waals surface area contributed by atoms with Crippen LogP contribution in [0.4, 0.5) is 0 Å². The first kappa shape index (κ1) is 34.4. The van der Waals surface area contributed by atoms with Crippen LogP contribution in [0, 0.1) is 32.9 Å². The predicted octanol–water partition coefficient (Wildman–Crippen LogP) is 10.9. The van der Waals surface area contributed by atoms with Crippen LogP contribution >= 0.6 is 0 Å². The molecule has 0 fully saturated rings. The summed E-state index contributed by atoms with van der Waals surface area (Å²) in [6, 6.07) is 36.3. The Morgan fingerprint density at radius 2 is 1.37 bits per heavy atom. The van der Waals surface area contributed by atoms with Gasteiger partial charge >= 0.3 is 20.4 Å². The summed E-state index contributed by atoms with van der Waals surface area (Å²) in [6.45, 7) is 20.0. The molecule has 49 heavy (non-hydrogen) atoms.